The molecule has 0 saturated carbocycles. The Labute approximate surface area is 180 Å². The summed E-state index contributed by atoms with van der Waals surface area (Å²) in [6.07, 6.45) is 0.926. The summed E-state index contributed by atoms with van der Waals surface area (Å²) in [5.41, 5.74) is 1.31. The van der Waals surface area contributed by atoms with Crippen LogP contribution in [0.25, 0.3) is 0 Å². The van der Waals surface area contributed by atoms with Gasteiger partial charge in [0.15, 0.2) is 0 Å². The number of amides is 2. The highest BCUT2D eigenvalue weighted by Gasteiger charge is 2.43. The number of halogens is 1. The molecule has 3 rings (SSSR count). The lowest BCUT2D eigenvalue weighted by atomic mass is 9.85. The molecule has 0 bridgehead atoms. The van der Waals surface area contributed by atoms with Crippen molar-refractivity contribution in [2.75, 3.05) is 20.1 Å². The van der Waals surface area contributed by atoms with E-state index < -0.39 is 5.60 Å². The molecule has 2 atom stereocenters. The molecule has 0 aromatic heterocycles. The maximum atomic E-state index is 13.1. The number of hydrogen-bond donors (Lipinski definition) is 0. The largest absolute Gasteiger partial charge is 0.438 e. The van der Waals surface area contributed by atoms with Gasteiger partial charge in [0.25, 0.3) is 0 Å². The van der Waals surface area contributed by atoms with E-state index in [0.717, 1.165) is 15.6 Å². The number of carbonyl (C=O) groups excluding carboxylic acids is 2. The van der Waals surface area contributed by atoms with Gasteiger partial charge < -0.3 is 14.5 Å². The molecule has 5 nitrogen and oxygen atoms in total. The van der Waals surface area contributed by atoms with Gasteiger partial charge in [-0.2, -0.15) is 0 Å². The standard InChI is InChI=1S/C23H27BrN2O3/c1-17(19-9-11-21(24)12-10-19)26-16-14-23(29-22(26)28,13-15-25(3)18(2)27)20-7-5-4-6-8-20/h4-12,17H,13-16H2,1-3H3/t17-,23-/m0/s1. The fourth-order valence-corrected chi connectivity index (χ4v) is 3.98. The van der Waals surface area contributed by atoms with Crippen LogP contribution in [0.15, 0.2) is 59.1 Å². The summed E-state index contributed by atoms with van der Waals surface area (Å²) in [5, 5.41) is 0. The average molecular weight is 459 g/mol. The summed E-state index contributed by atoms with van der Waals surface area (Å²) >= 11 is 3.45. The monoisotopic (exact) mass is 458 g/mol. The highest BCUT2D eigenvalue weighted by atomic mass is 79.9. The minimum atomic E-state index is -0.724. The molecule has 0 unspecified atom stereocenters. The summed E-state index contributed by atoms with van der Waals surface area (Å²) < 4.78 is 7.12. The summed E-state index contributed by atoms with van der Waals surface area (Å²) in [6.45, 7) is 4.68. The third kappa shape index (κ3) is 4.81. The molecular formula is C23H27BrN2O3. The average Bonchev–Trinajstić information content (AvgIpc) is 2.72. The molecule has 1 aliphatic heterocycles. The first-order chi connectivity index (χ1) is 13.8. The predicted molar refractivity (Wildman–Crippen MR) is 116 cm³/mol. The van der Waals surface area contributed by atoms with E-state index in [1.54, 1.807) is 23.8 Å². The zero-order valence-electron chi connectivity index (χ0n) is 17.1. The lowest BCUT2D eigenvalue weighted by molar-refractivity contribution is -0.128. The highest BCUT2D eigenvalue weighted by molar-refractivity contribution is 9.10. The van der Waals surface area contributed by atoms with Gasteiger partial charge in [0.05, 0.1) is 6.04 Å². The minimum absolute atomic E-state index is 0.000773. The van der Waals surface area contributed by atoms with Crippen molar-refractivity contribution in [2.45, 2.75) is 38.3 Å². The molecule has 1 saturated heterocycles. The van der Waals surface area contributed by atoms with Crippen LogP contribution in [0.1, 0.15) is 43.9 Å². The molecule has 0 aliphatic carbocycles. The molecule has 154 valence electrons. The van der Waals surface area contributed by atoms with Gasteiger partial charge in [0, 0.05) is 44.4 Å². The second kappa shape index (κ2) is 8.99. The zero-order chi connectivity index (χ0) is 21.0. The van der Waals surface area contributed by atoms with Gasteiger partial charge in [0.2, 0.25) is 5.91 Å². The van der Waals surface area contributed by atoms with E-state index in [2.05, 4.69) is 15.9 Å². The van der Waals surface area contributed by atoms with E-state index in [0.29, 0.717) is 25.9 Å². The third-order valence-electron chi connectivity index (χ3n) is 5.78. The molecule has 0 spiro atoms. The first kappa shape index (κ1) is 21.4. The van der Waals surface area contributed by atoms with E-state index in [1.165, 1.54) is 0 Å². The maximum absolute atomic E-state index is 13.1. The predicted octanol–water partition coefficient (Wildman–Crippen LogP) is 5.12. The molecular weight excluding hydrogens is 432 g/mol. The van der Waals surface area contributed by atoms with Crippen molar-refractivity contribution >= 4 is 27.9 Å². The van der Waals surface area contributed by atoms with Gasteiger partial charge in [-0.25, -0.2) is 4.79 Å². The molecule has 29 heavy (non-hydrogen) atoms. The number of hydrogen-bond acceptors (Lipinski definition) is 3. The van der Waals surface area contributed by atoms with Crippen molar-refractivity contribution < 1.29 is 14.3 Å². The Hall–Kier alpha value is -2.34. The van der Waals surface area contributed by atoms with Crippen LogP contribution in [0.5, 0.6) is 0 Å². The fourth-order valence-electron chi connectivity index (χ4n) is 3.71. The molecule has 1 aliphatic rings. The summed E-state index contributed by atoms with van der Waals surface area (Å²) in [4.78, 5) is 28.1. The SMILES string of the molecule is CC(=O)N(C)CC[C@@]1(c2ccccc2)CCN([C@@H](C)c2ccc(Br)cc2)C(=O)O1. The van der Waals surface area contributed by atoms with Gasteiger partial charge in [-0.15, -0.1) is 0 Å². The topological polar surface area (TPSA) is 49.9 Å². The van der Waals surface area contributed by atoms with Crippen LogP contribution < -0.4 is 0 Å². The van der Waals surface area contributed by atoms with Crippen LogP contribution in [-0.4, -0.2) is 41.9 Å². The van der Waals surface area contributed by atoms with Crippen LogP contribution in [0.2, 0.25) is 0 Å². The van der Waals surface area contributed by atoms with Gasteiger partial charge in [-0.1, -0.05) is 58.4 Å². The molecule has 1 heterocycles. The van der Waals surface area contributed by atoms with Gasteiger partial charge >= 0.3 is 6.09 Å². The van der Waals surface area contributed by atoms with E-state index in [9.17, 15) is 9.59 Å². The van der Waals surface area contributed by atoms with Gasteiger partial charge in [0.1, 0.15) is 5.60 Å². The highest BCUT2D eigenvalue weighted by Crippen LogP contribution is 2.39. The number of nitrogens with zero attached hydrogens (tertiary/aromatic N) is 2. The maximum Gasteiger partial charge on any atom is 0.411 e. The summed E-state index contributed by atoms with van der Waals surface area (Å²) in [7, 11) is 1.77. The van der Waals surface area contributed by atoms with Crippen LogP contribution in [0.4, 0.5) is 4.79 Å². The Morgan fingerprint density at radius 3 is 2.45 bits per heavy atom. The Balaban J connectivity index is 1.81. The van der Waals surface area contributed by atoms with Crippen LogP contribution >= 0.6 is 15.9 Å². The van der Waals surface area contributed by atoms with Crippen molar-refractivity contribution in [1.29, 1.82) is 0 Å². The molecule has 0 N–H and O–H groups in total. The van der Waals surface area contributed by atoms with Crippen molar-refractivity contribution in [2.24, 2.45) is 0 Å². The quantitative estimate of drug-likeness (QED) is 0.603. The zero-order valence-corrected chi connectivity index (χ0v) is 18.7. The van der Waals surface area contributed by atoms with Crippen LogP contribution in [-0.2, 0) is 15.1 Å². The number of ether oxygens (including phenoxy) is 1. The van der Waals surface area contributed by atoms with Crippen molar-refractivity contribution in [3.8, 4) is 0 Å². The molecule has 6 heteroatoms. The van der Waals surface area contributed by atoms with Gasteiger partial charge in [-0.05, 0) is 30.2 Å². The lowest BCUT2D eigenvalue weighted by Crippen LogP contribution is -2.49. The number of benzene rings is 2. The Bertz CT molecular complexity index is 856. The summed E-state index contributed by atoms with van der Waals surface area (Å²) in [6, 6.07) is 17.8. The number of cyclic esters (lactones) is 1. The molecule has 2 aromatic rings. The Morgan fingerprint density at radius 2 is 1.86 bits per heavy atom. The van der Waals surface area contributed by atoms with Crippen molar-refractivity contribution in [3.05, 3.63) is 70.2 Å². The first-order valence-corrected chi connectivity index (χ1v) is 10.6. The van der Waals surface area contributed by atoms with Crippen molar-refractivity contribution in [1.82, 2.24) is 9.80 Å². The second-order valence-electron chi connectivity index (χ2n) is 7.59. The number of rotatable bonds is 6. The fraction of sp³-hybridized carbons (Fsp3) is 0.391. The molecule has 2 aromatic carbocycles. The molecule has 2 amide bonds. The van der Waals surface area contributed by atoms with Gasteiger partial charge in [-0.3, -0.25) is 4.79 Å². The molecule has 1 fully saturated rings. The first-order valence-electron chi connectivity index (χ1n) is 9.85. The van der Waals surface area contributed by atoms with E-state index in [1.807, 2.05) is 61.5 Å². The van der Waals surface area contributed by atoms with E-state index in [-0.39, 0.29) is 18.0 Å². The normalized spacial score (nSPS) is 20.1. The van der Waals surface area contributed by atoms with Crippen LogP contribution in [0, 0.1) is 0 Å². The molecule has 0 radical (unpaired) electrons. The van der Waals surface area contributed by atoms with Crippen LogP contribution in [0.3, 0.4) is 0 Å². The number of carbonyl (C=O) groups is 2. The van der Waals surface area contributed by atoms with E-state index >= 15 is 0 Å². The summed E-state index contributed by atoms with van der Waals surface area (Å²) in [5.74, 6) is 0.000773. The van der Waals surface area contributed by atoms with E-state index in [4.69, 9.17) is 4.74 Å². The minimum Gasteiger partial charge on any atom is -0.438 e. The van der Waals surface area contributed by atoms with Crippen molar-refractivity contribution in [3.63, 3.8) is 0 Å². The Morgan fingerprint density at radius 1 is 1.21 bits per heavy atom. The Kier molecular flexibility index (Phi) is 6.63. The second-order valence-corrected chi connectivity index (χ2v) is 8.51. The lowest BCUT2D eigenvalue weighted by Gasteiger charge is -2.44. The smallest absolute Gasteiger partial charge is 0.411 e. The third-order valence-corrected chi connectivity index (χ3v) is 6.31.